The molecule has 1 amide bonds. The second kappa shape index (κ2) is 8.38. The lowest BCUT2D eigenvalue weighted by Gasteiger charge is -2.25. The molecule has 0 radical (unpaired) electrons. The second-order valence-corrected chi connectivity index (χ2v) is 7.41. The third-order valence-corrected chi connectivity index (χ3v) is 5.49. The van der Waals surface area contributed by atoms with Gasteiger partial charge in [-0.15, -0.1) is 0 Å². The van der Waals surface area contributed by atoms with Crippen molar-refractivity contribution in [3.63, 3.8) is 0 Å². The van der Waals surface area contributed by atoms with E-state index < -0.39 is 0 Å². The molecule has 1 atom stereocenters. The minimum Gasteiger partial charge on any atom is -0.339 e. The van der Waals surface area contributed by atoms with Gasteiger partial charge in [0.2, 0.25) is 5.91 Å². The minimum absolute atomic E-state index is 0.217. The molecule has 3 aromatic rings. The lowest BCUT2D eigenvalue weighted by molar-refractivity contribution is -0.131. The number of hydrogen-bond donors (Lipinski definition) is 0. The first-order valence-electron chi connectivity index (χ1n) is 9.92. The van der Waals surface area contributed by atoms with Gasteiger partial charge in [0, 0.05) is 24.6 Å². The molecule has 1 unspecified atom stereocenters. The molecule has 2 aromatic carbocycles. The average molecular weight is 375 g/mol. The molecule has 4 rings (SSSR count). The Morgan fingerprint density at radius 1 is 1.14 bits per heavy atom. The molecule has 0 spiro atoms. The largest absolute Gasteiger partial charge is 0.339 e. The molecule has 1 aliphatic heterocycles. The summed E-state index contributed by atoms with van der Waals surface area (Å²) in [5.74, 6) is 1.47. The van der Waals surface area contributed by atoms with Gasteiger partial charge in [0.25, 0.3) is 5.89 Å². The van der Waals surface area contributed by atoms with Crippen LogP contribution in [-0.4, -0.2) is 33.5 Å². The van der Waals surface area contributed by atoms with Gasteiger partial charge in [0.05, 0.1) is 6.42 Å². The number of carbonyl (C=O) groups excluding carboxylic acids is 1. The molecular formula is C23H25N3O2. The van der Waals surface area contributed by atoms with Gasteiger partial charge in [-0.3, -0.25) is 4.79 Å². The third-order valence-electron chi connectivity index (χ3n) is 5.49. The summed E-state index contributed by atoms with van der Waals surface area (Å²) in [5.41, 5.74) is 3.22. The van der Waals surface area contributed by atoms with Crippen LogP contribution in [0.1, 0.15) is 36.2 Å². The first-order chi connectivity index (χ1) is 13.7. The average Bonchev–Trinajstić information content (AvgIpc) is 3.38. The zero-order chi connectivity index (χ0) is 19.3. The number of amides is 1. The summed E-state index contributed by atoms with van der Waals surface area (Å²) in [6.07, 6.45) is 4.17. The van der Waals surface area contributed by atoms with Crippen molar-refractivity contribution in [2.45, 2.75) is 45.1 Å². The second-order valence-electron chi connectivity index (χ2n) is 7.41. The smallest absolute Gasteiger partial charge is 0.257 e. The van der Waals surface area contributed by atoms with E-state index in [0.29, 0.717) is 18.1 Å². The number of aromatic nitrogens is 2. The molecule has 1 aliphatic rings. The maximum Gasteiger partial charge on any atom is 0.257 e. The number of rotatable bonds is 6. The van der Waals surface area contributed by atoms with E-state index in [4.69, 9.17) is 4.52 Å². The fourth-order valence-corrected chi connectivity index (χ4v) is 3.89. The van der Waals surface area contributed by atoms with Gasteiger partial charge < -0.3 is 9.42 Å². The summed E-state index contributed by atoms with van der Waals surface area (Å²) < 4.78 is 5.39. The fraction of sp³-hybridized carbons (Fsp3) is 0.348. The summed E-state index contributed by atoms with van der Waals surface area (Å²) in [6.45, 7) is 2.90. The summed E-state index contributed by atoms with van der Waals surface area (Å²) >= 11 is 0. The summed E-state index contributed by atoms with van der Waals surface area (Å²) in [4.78, 5) is 19.4. The van der Waals surface area contributed by atoms with E-state index in [1.165, 1.54) is 5.56 Å². The van der Waals surface area contributed by atoms with Crippen molar-refractivity contribution < 1.29 is 9.32 Å². The van der Waals surface area contributed by atoms with Crippen LogP contribution >= 0.6 is 0 Å². The third kappa shape index (κ3) is 4.14. The molecule has 1 aromatic heterocycles. The van der Waals surface area contributed by atoms with Crippen molar-refractivity contribution in [3.8, 4) is 11.5 Å². The molecule has 5 nitrogen and oxygen atoms in total. The van der Waals surface area contributed by atoms with E-state index in [1.807, 2.05) is 53.4 Å². The summed E-state index contributed by atoms with van der Waals surface area (Å²) in [5, 5.41) is 4.11. The van der Waals surface area contributed by atoms with Crippen molar-refractivity contribution >= 4 is 5.91 Å². The summed E-state index contributed by atoms with van der Waals surface area (Å²) in [7, 11) is 0. The molecule has 0 bridgehead atoms. The normalized spacial score (nSPS) is 16.5. The number of carbonyl (C=O) groups is 1. The van der Waals surface area contributed by atoms with Crippen molar-refractivity contribution in [1.82, 2.24) is 15.0 Å². The van der Waals surface area contributed by atoms with Crippen LogP contribution < -0.4 is 0 Å². The highest BCUT2D eigenvalue weighted by Crippen LogP contribution is 2.24. The van der Waals surface area contributed by atoms with Gasteiger partial charge >= 0.3 is 0 Å². The fourth-order valence-electron chi connectivity index (χ4n) is 3.89. The van der Waals surface area contributed by atoms with Gasteiger partial charge in [0.1, 0.15) is 0 Å². The number of likely N-dealkylation sites (tertiary alicyclic amines) is 1. The highest BCUT2D eigenvalue weighted by atomic mass is 16.5. The zero-order valence-electron chi connectivity index (χ0n) is 16.2. The predicted octanol–water partition coefficient (Wildman–Crippen LogP) is 4.21. The van der Waals surface area contributed by atoms with Gasteiger partial charge in [-0.2, -0.15) is 4.98 Å². The number of aryl methyl sites for hydroxylation is 2. The number of hydrogen-bond acceptors (Lipinski definition) is 4. The highest BCUT2D eigenvalue weighted by Gasteiger charge is 2.29. The number of nitrogens with zero attached hydrogens (tertiary/aromatic N) is 3. The monoisotopic (exact) mass is 375 g/mol. The predicted molar refractivity (Wildman–Crippen MR) is 108 cm³/mol. The first-order valence-corrected chi connectivity index (χ1v) is 9.92. The number of benzene rings is 2. The van der Waals surface area contributed by atoms with Crippen LogP contribution in [0.15, 0.2) is 59.1 Å². The van der Waals surface area contributed by atoms with Gasteiger partial charge in [0.15, 0.2) is 5.82 Å². The van der Waals surface area contributed by atoms with E-state index in [2.05, 4.69) is 23.1 Å². The Morgan fingerprint density at radius 3 is 2.75 bits per heavy atom. The molecule has 1 fully saturated rings. The molecule has 28 heavy (non-hydrogen) atoms. The standard InChI is InChI=1S/C23H25N3O2/c1-17-8-5-6-11-19(17)16-22(27)26-15-7-12-20(26)13-14-21-24-23(28-25-21)18-9-3-2-4-10-18/h2-6,8-11,20H,7,12-16H2,1H3. The van der Waals surface area contributed by atoms with E-state index in [9.17, 15) is 4.79 Å². The molecule has 144 valence electrons. The Morgan fingerprint density at radius 2 is 1.93 bits per heavy atom. The van der Waals surface area contributed by atoms with Crippen molar-refractivity contribution in [3.05, 3.63) is 71.5 Å². The first kappa shape index (κ1) is 18.4. The molecule has 5 heteroatoms. The zero-order valence-corrected chi connectivity index (χ0v) is 16.2. The Balaban J connectivity index is 1.36. The van der Waals surface area contributed by atoms with Crippen LogP contribution in [0, 0.1) is 6.92 Å². The topological polar surface area (TPSA) is 59.2 Å². The Hall–Kier alpha value is -2.95. The molecule has 0 saturated carbocycles. The van der Waals surface area contributed by atoms with Crippen LogP contribution in [0.4, 0.5) is 0 Å². The highest BCUT2D eigenvalue weighted by molar-refractivity contribution is 5.79. The lowest BCUT2D eigenvalue weighted by Crippen LogP contribution is -2.37. The van der Waals surface area contributed by atoms with Gasteiger partial charge in [-0.25, -0.2) is 0 Å². The van der Waals surface area contributed by atoms with Crippen LogP contribution in [0.2, 0.25) is 0 Å². The van der Waals surface area contributed by atoms with E-state index in [-0.39, 0.29) is 11.9 Å². The molecule has 2 heterocycles. The summed E-state index contributed by atoms with van der Waals surface area (Å²) in [6, 6.07) is 18.2. The van der Waals surface area contributed by atoms with Crippen LogP contribution in [0.3, 0.4) is 0 Å². The SMILES string of the molecule is Cc1ccccc1CC(=O)N1CCCC1CCc1noc(-c2ccccc2)n1. The minimum atomic E-state index is 0.217. The van der Waals surface area contributed by atoms with E-state index in [0.717, 1.165) is 43.4 Å². The molecular weight excluding hydrogens is 350 g/mol. The van der Waals surface area contributed by atoms with E-state index >= 15 is 0 Å². The van der Waals surface area contributed by atoms with Crippen molar-refractivity contribution in [2.75, 3.05) is 6.54 Å². The Kier molecular flexibility index (Phi) is 5.51. The van der Waals surface area contributed by atoms with E-state index in [1.54, 1.807) is 0 Å². The van der Waals surface area contributed by atoms with Crippen LogP contribution in [0.5, 0.6) is 0 Å². The molecule has 0 aliphatic carbocycles. The maximum absolute atomic E-state index is 12.9. The van der Waals surface area contributed by atoms with Crippen LogP contribution in [-0.2, 0) is 17.6 Å². The van der Waals surface area contributed by atoms with Gasteiger partial charge in [-0.1, -0.05) is 47.6 Å². The molecule has 0 N–H and O–H groups in total. The van der Waals surface area contributed by atoms with Crippen molar-refractivity contribution in [2.24, 2.45) is 0 Å². The Labute approximate surface area is 165 Å². The quantitative estimate of drug-likeness (QED) is 0.647. The van der Waals surface area contributed by atoms with Crippen LogP contribution in [0.25, 0.3) is 11.5 Å². The van der Waals surface area contributed by atoms with Gasteiger partial charge in [-0.05, 0) is 49.4 Å². The maximum atomic E-state index is 12.9. The lowest BCUT2D eigenvalue weighted by atomic mass is 10.0. The van der Waals surface area contributed by atoms with Crippen molar-refractivity contribution in [1.29, 1.82) is 0 Å². The molecule has 1 saturated heterocycles. The Bertz CT molecular complexity index is 936.